The molecule has 1 aliphatic rings. The first-order valence-electron chi connectivity index (χ1n) is 9.14. The van der Waals surface area contributed by atoms with Gasteiger partial charge in [0.2, 0.25) is 0 Å². The molecule has 1 aliphatic heterocycles. The van der Waals surface area contributed by atoms with E-state index in [9.17, 15) is 13.2 Å². The number of aromatic nitrogens is 3. The second kappa shape index (κ2) is 6.19. The fourth-order valence-corrected chi connectivity index (χ4v) is 3.97. The number of benzene rings is 2. The molecular weight excluding hydrogens is 363 g/mol. The summed E-state index contributed by atoms with van der Waals surface area (Å²) in [7, 11) is 0. The predicted octanol–water partition coefficient (Wildman–Crippen LogP) is 5.73. The molecule has 28 heavy (non-hydrogen) atoms. The monoisotopic (exact) mass is 379 g/mol. The Morgan fingerprint density at radius 2 is 1.82 bits per heavy atom. The molecule has 5 rings (SSSR count). The highest BCUT2D eigenvalue weighted by Gasteiger charge is 2.31. The van der Waals surface area contributed by atoms with E-state index in [-0.39, 0.29) is 0 Å². The maximum Gasteiger partial charge on any atom is 0.416 e. The summed E-state index contributed by atoms with van der Waals surface area (Å²) in [5, 5.41) is 5.67. The summed E-state index contributed by atoms with van der Waals surface area (Å²) in [6, 6.07) is 15.1. The highest BCUT2D eigenvalue weighted by atomic mass is 19.4. The maximum atomic E-state index is 13.2. The van der Waals surface area contributed by atoms with Crippen molar-refractivity contribution in [2.75, 3.05) is 0 Å². The van der Waals surface area contributed by atoms with Crippen molar-refractivity contribution in [2.45, 2.75) is 25.6 Å². The molecule has 0 radical (unpaired) electrons. The maximum absolute atomic E-state index is 13.2. The van der Waals surface area contributed by atoms with Crippen molar-refractivity contribution in [3.63, 3.8) is 0 Å². The van der Waals surface area contributed by atoms with Gasteiger partial charge in [-0.15, -0.1) is 0 Å². The molecule has 0 amide bonds. The third-order valence-corrected chi connectivity index (χ3v) is 5.22. The van der Waals surface area contributed by atoms with E-state index in [2.05, 4.69) is 4.98 Å². The van der Waals surface area contributed by atoms with Crippen molar-refractivity contribution in [3.05, 3.63) is 72.1 Å². The van der Waals surface area contributed by atoms with E-state index < -0.39 is 11.7 Å². The van der Waals surface area contributed by atoms with Crippen LogP contribution in [0.5, 0.6) is 0 Å². The van der Waals surface area contributed by atoms with Gasteiger partial charge in [0, 0.05) is 34.9 Å². The Morgan fingerprint density at radius 3 is 2.68 bits per heavy atom. The number of nitrogens with zero attached hydrogens (tertiary/aromatic N) is 3. The smallest absolute Gasteiger partial charge is 0.268 e. The first kappa shape index (κ1) is 17.0. The van der Waals surface area contributed by atoms with E-state index in [0.29, 0.717) is 11.3 Å². The zero-order valence-corrected chi connectivity index (χ0v) is 14.9. The quantitative estimate of drug-likeness (QED) is 0.445. The number of para-hydroxylation sites is 1. The number of halogens is 3. The summed E-state index contributed by atoms with van der Waals surface area (Å²) in [4.78, 5) is 4.42. The van der Waals surface area contributed by atoms with E-state index in [0.717, 1.165) is 53.2 Å². The average Bonchev–Trinajstić information content (AvgIpc) is 3.28. The van der Waals surface area contributed by atoms with E-state index in [1.165, 1.54) is 12.1 Å². The van der Waals surface area contributed by atoms with Crippen LogP contribution in [0.25, 0.3) is 33.3 Å². The zero-order valence-electron chi connectivity index (χ0n) is 14.9. The largest absolute Gasteiger partial charge is 0.416 e. The van der Waals surface area contributed by atoms with Crippen molar-refractivity contribution >= 4 is 10.9 Å². The lowest BCUT2D eigenvalue weighted by molar-refractivity contribution is -0.137. The Hall–Kier alpha value is -3.15. The second-order valence-corrected chi connectivity index (χ2v) is 6.95. The standard InChI is InChI=1S/C22H16F3N3/c23-22(24,25)15-6-3-5-14(13-15)21-20(19-9-4-12-28(19)27-21)17-10-11-26-18-8-2-1-7-16(17)18/h1-3,5-8,10-11,13H,4,9,12H2. The number of fused-ring (bicyclic) bond motifs is 2. The predicted molar refractivity (Wildman–Crippen MR) is 102 cm³/mol. The summed E-state index contributed by atoms with van der Waals surface area (Å²) >= 11 is 0. The van der Waals surface area contributed by atoms with Gasteiger partial charge in [0.05, 0.1) is 11.1 Å². The van der Waals surface area contributed by atoms with Crippen molar-refractivity contribution in [2.24, 2.45) is 0 Å². The molecule has 0 atom stereocenters. The van der Waals surface area contributed by atoms with Gasteiger partial charge >= 0.3 is 6.18 Å². The van der Waals surface area contributed by atoms with Gasteiger partial charge in [0.25, 0.3) is 0 Å². The number of aryl methyl sites for hydroxylation is 1. The molecular formula is C22H16F3N3. The number of hydrogen-bond donors (Lipinski definition) is 0. The van der Waals surface area contributed by atoms with Crippen LogP contribution in [0.3, 0.4) is 0 Å². The van der Waals surface area contributed by atoms with E-state index >= 15 is 0 Å². The molecule has 0 fully saturated rings. The Balaban J connectivity index is 1.78. The molecule has 0 aliphatic carbocycles. The van der Waals surface area contributed by atoms with Crippen LogP contribution in [0.1, 0.15) is 17.7 Å². The molecule has 3 nitrogen and oxygen atoms in total. The minimum atomic E-state index is -4.39. The summed E-state index contributed by atoms with van der Waals surface area (Å²) in [6.07, 6.45) is -0.798. The van der Waals surface area contributed by atoms with Gasteiger partial charge in [-0.05, 0) is 42.7 Å². The molecule has 0 bridgehead atoms. The van der Waals surface area contributed by atoms with Gasteiger partial charge in [-0.1, -0.05) is 30.3 Å². The van der Waals surface area contributed by atoms with Gasteiger partial charge in [0.1, 0.15) is 5.69 Å². The minimum absolute atomic E-state index is 0.479. The Kier molecular flexibility index (Phi) is 3.75. The fourth-order valence-electron chi connectivity index (χ4n) is 3.97. The highest BCUT2D eigenvalue weighted by Crippen LogP contribution is 2.41. The third kappa shape index (κ3) is 2.68. The van der Waals surface area contributed by atoms with Crippen LogP contribution in [0, 0.1) is 0 Å². The van der Waals surface area contributed by atoms with Gasteiger partial charge in [-0.25, -0.2) is 0 Å². The number of rotatable bonds is 2. The van der Waals surface area contributed by atoms with E-state index in [1.807, 2.05) is 35.0 Å². The molecule has 0 saturated heterocycles. The molecule has 2 aromatic carbocycles. The first-order chi connectivity index (χ1) is 13.5. The van der Waals surface area contributed by atoms with Crippen molar-refractivity contribution in [3.8, 4) is 22.4 Å². The molecule has 0 spiro atoms. The molecule has 140 valence electrons. The highest BCUT2D eigenvalue weighted by molar-refractivity contribution is 5.99. The Labute approximate surface area is 159 Å². The van der Waals surface area contributed by atoms with Crippen LogP contribution in [0.2, 0.25) is 0 Å². The van der Waals surface area contributed by atoms with Crippen molar-refractivity contribution in [1.82, 2.24) is 14.8 Å². The van der Waals surface area contributed by atoms with Crippen molar-refractivity contribution < 1.29 is 13.2 Å². The van der Waals surface area contributed by atoms with Gasteiger partial charge in [-0.3, -0.25) is 9.67 Å². The van der Waals surface area contributed by atoms with Crippen molar-refractivity contribution in [1.29, 1.82) is 0 Å². The zero-order chi connectivity index (χ0) is 19.3. The summed E-state index contributed by atoms with van der Waals surface area (Å²) < 4.78 is 41.7. The molecule has 4 aromatic rings. The molecule has 0 N–H and O–H groups in total. The number of alkyl halides is 3. The normalized spacial score (nSPS) is 13.8. The molecule has 0 unspecified atom stereocenters. The Morgan fingerprint density at radius 1 is 0.964 bits per heavy atom. The lowest BCUT2D eigenvalue weighted by Crippen LogP contribution is -2.04. The first-order valence-corrected chi connectivity index (χ1v) is 9.14. The number of pyridine rings is 1. The molecule has 6 heteroatoms. The van der Waals surface area contributed by atoms with Gasteiger partial charge in [0.15, 0.2) is 0 Å². The van der Waals surface area contributed by atoms with E-state index in [4.69, 9.17) is 5.10 Å². The van der Waals surface area contributed by atoms with Crippen LogP contribution >= 0.6 is 0 Å². The third-order valence-electron chi connectivity index (χ3n) is 5.22. The average molecular weight is 379 g/mol. The topological polar surface area (TPSA) is 30.7 Å². The molecule has 0 saturated carbocycles. The molecule has 2 aromatic heterocycles. The lowest BCUT2D eigenvalue weighted by atomic mass is 9.94. The van der Waals surface area contributed by atoms with Crippen LogP contribution in [0.15, 0.2) is 60.8 Å². The second-order valence-electron chi connectivity index (χ2n) is 6.95. The Bertz CT molecular complexity index is 1190. The minimum Gasteiger partial charge on any atom is -0.268 e. The van der Waals surface area contributed by atoms with Crippen LogP contribution < -0.4 is 0 Å². The van der Waals surface area contributed by atoms with Crippen LogP contribution in [0.4, 0.5) is 13.2 Å². The van der Waals surface area contributed by atoms with Gasteiger partial charge in [-0.2, -0.15) is 18.3 Å². The summed E-state index contributed by atoms with van der Waals surface area (Å²) in [5.74, 6) is 0. The lowest BCUT2D eigenvalue weighted by Gasteiger charge is -2.11. The van der Waals surface area contributed by atoms with Crippen LogP contribution in [-0.2, 0) is 19.1 Å². The van der Waals surface area contributed by atoms with E-state index in [1.54, 1.807) is 12.3 Å². The molecule has 3 heterocycles. The van der Waals surface area contributed by atoms with Crippen LogP contribution in [-0.4, -0.2) is 14.8 Å². The summed E-state index contributed by atoms with van der Waals surface area (Å²) in [6.45, 7) is 0.782. The SMILES string of the molecule is FC(F)(F)c1cccc(-c2nn3c(c2-c2ccnc4ccccc24)CCC3)c1. The summed E-state index contributed by atoms with van der Waals surface area (Å²) in [5.41, 5.74) is 4.21. The number of hydrogen-bond acceptors (Lipinski definition) is 2. The fraction of sp³-hybridized carbons (Fsp3) is 0.182. The van der Waals surface area contributed by atoms with Gasteiger partial charge < -0.3 is 0 Å².